The van der Waals surface area contributed by atoms with E-state index >= 15 is 0 Å². The number of aromatic nitrogens is 1. The molecule has 0 unspecified atom stereocenters. The van der Waals surface area contributed by atoms with Crippen molar-refractivity contribution < 1.29 is 9.52 Å². The summed E-state index contributed by atoms with van der Waals surface area (Å²) in [5.74, 6) is 1.18. The van der Waals surface area contributed by atoms with Gasteiger partial charge in [-0.05, 0) is 12.1 Å². The molecule has 0 amide bonds. The Morgan fingerprint density at radius 1 is 1.31 bits per heavy atom. The van der Waals surface area contributed by atoms with Gasteiger partial charge in [-0.25, -0.2) is 4.98 Å². The molecule has 16 heavy (non-hydrogen) atoms. The Balaban J connectivity index is 2.45. The maximum absolute atomic E-state index is 9.00. The Bertz CT molecular complexity index is 476. The number of rotatable bonds is 3. The van der Waals surface area contributed by atoms with E-state index in [9.17, 15) is 0 Å². The Morgan fingerprint density at radius 2 is 2.00 bits per heavy atom. The molecule has 4 heteroatoms. The zero-order chi connectivity index (χ0) is 11.5. The fraction of sp³-hybridized carbons (Fsp3) is 0.250. The van der Waals surface area contributed by atoms with Crippen molar-refractivity contribution in [3.05, 3.63) is 40.4 Å². The molecule has 1 N–H and O–H groups in total. The van der Waals surface area contributed by atoms with Crippen LogP contribution in [0.2, 0.25) is 0 Å². The van der Waals surface area contributed by atoms with Gasteiger partial charge in [-0.1, -0.05) is 35.0 Å². The fourth-order valence-corrected chi connectivity index (χ4v) is 1.81. The summed E-state index contributed by atoms with van der Waals surface area (Å²) in [6.45, 7) is 1.84. The molecule has 0 aliphatic rings. The summed E-state index contributed by atoms with van der Waals surface area (Å²) in [4.78, 5) is 4.27. The van der Waals surface area contributed by atoms with Crippen molar-refractivity contribution >= 4 is 15.9 Å². The number of benzene rings is 1. The monoisotopic (exact) mass is 281 g/mol. The largest absolute Gasteiger partial charge is 0.443 e. The van der Waals surface area contributed by atoms with Crippen LogP contribution >= 0.6 is 15.9 Å². The number of aliphatic hydroxyl groups excluding tert-OH is 1. The molecule has 3 nitrogen and oxygen atoms in total. The van der Waals surface area contributed by atoms with Crippen LogP contribution in [0.25, 0.3) is 11.3 Å². The highest BCUT2D eigenvalue weighted by molar-refractivity contribution is 9.10. The molecule has 0 saturated carbocycles. The van der Waals surface area contributed by atoms with Crippen molar-refractivity contribution in [1.82, 2.24) is 4.98 Å². The molecule has 0 fully saturated rings. The van der Waals surface area contributed by atoms with Crippen molar-refractivity contribution in [2.75, 3.05) is 0 Å². The first-order chi connectivity index (χ1) is 7.74. The lowest BCUT2D eigenvalue weighted by atomic mass is 10.1. The molecule has 2 rings (SSSR count). The van der Waals surface area contributed by atoms with Gasteiger partial charge in [0.15, 0.2) is 0 Å². The van der Waals surface area contributed by atoms with Crippen molar-refractivity contribution in [3.8, 4) is 11.3 Å². The summed E-state index contributed by atoms with van der Waals surface area (Å²) >= 11 is 3.39. The number of aliphatic hydroxyl groups is 1. The van der Waals surface area contributed by atoms with Gasteiger partial charge in [0, 0.05) is 16.5 Å². The van der Waals surface area contributed by atoms with Crippen molar-refractivity contribution in [1.29, 1.82) is 0 Å². The molecular weight excluding hydrogens is 270 g/mol. The number of oxazole rings is 1. The van der Waals surface area contributed by atoms with Gasteiger partial charge < -0.3 is 9.52 Å². The highest BCUT2D eigenvalue weighted by Gasteiger charge is 2.12. The van der Waals surface area contributed by atoms with Crippen LogP contribution < -0.4 is 0 Å². The molecular formula is C12H12BrNO2. The van der Waals surface area contributed by atoms with Gasteiger partial charge in [0.2, 0.25) is 5.89 Å². The molecule has 0 bridgehead atoms. The second kappa shape index (κ2) is 4.80. The zero-order valence-electron chi connectivity index (χ0n) is 8.90. The minimum Gasteiger partial charge on any atom is -0.443 e. The maximum atomic E-state index is 9.00. The van der Waals surface area contributed by atoms with Crippen LogP contribution in [0.4, 0.5) is 0 Å². The molecule has 84 valence electrons. The van der Waals surface area contributed by atoms with E-state index in [0.29, 0.717) is 5.89 Å². The maximum Gasteiger partial charge on any atom is 0.220 e. The van der Waals surface area contributed by atoms with E-state index in [1.807, 2.05) is 31.2 Å². The molecule has 0 atom stereocenters. The standard InChI is InChI=1S/C12H12BrNO2/c1-2-10-12(14-11(7-15)16-10)8-3-5-9(13)6-4-8/h3-6,15H,2,7H2,1H3. The first-order valence-electron chi connectivity index (χ1n) is 5.10. The van der Waals surface area contributed by atoms with E-state index in [2.05, 4.69) is 20.9 Å². The van der Waals surface area contributed by atoms with Gasteiger partial charge in [-0.3, -0.25) is 0 Å². The SMILES string of the molecule is CCc1oc(CO)nc1-c1ccc(Br)cc1. The number of nitrogens with zero attached hydrogens (tertiary/aromatic N) is 1. The summed E-state index contributed by atoms with van der Waals surface area (Å²) in [6.07, 6.45) is 0.762. The van der Waals surface area contributed by atoms with E-state index in [1.54, 1.807) is 0 Å². The van der Waals surface area contributed by atoms with Crippen LogP contribution in [0, 0.1) is 0 Å². The topological polar surface area (TPSA) is 46.3 Å². The average molecular weight is 282 g/mol. The third-order valence-electron chi connectivity index (χ3n) is 2.32. The Morgan fingerprint density at radius 3 is 2.56 bits per heavy atom. The van der Waals surface area contributed by atoms with E-state index in [1.165, 1.54) is 0 Å². The molecule has 0 aliphatic heterocycles. The molecule has 0 saturated heterocycles. The van der Waals surface area contributed by atoms with E-state index in [0.717, 1.165) is 27.9 Å². The van der Waals surface area contributed by atoms with Crippen LogP contribution in [-0.4, -0.2) is 10.1 Å². The summed E-state index contributed by atoms with van der Waals surface area (Å²) in [7, 11) is 0. The van der Waals surface area contributed by atoms with Crippen molar-refractivity contribution in [2.24, 2.45) is 0 Å². The number of hydrogen-bond donors (Lipinski definition) is 1. The van der Waals surface area contributed by atoms with Gasteiger partial charge in [-0.15, -0.1) is 0 Å². The van der Waals surface area contributed by atoms with Gasteiger partial charge in [0.05, 0.1) is 0 Å². The van der Waals surface area contributed by atoms with Crippen molar-refractivity contribution in [3.63, 3.8) is 0 Å². The number of hydrogen-bond acceptors (Lipinski definition) is 3. The van der Waals surface area contributed by atoms with Crippen LogP contribution in [0.5, 0.6) is 0 Å². The summed E-state index contributed by atoms with van der Waals surface area (Å²) < 4.78 is 6.45. The molecule has 0 aliphatic carbocycles. The Hall–Kier alpha value is -1.13. The molecule has 1 heterocycles. The third kappa shape index (κ3) is 2.18. The molecule has 0 spiro atoms. The predicted molar refractivity (Wildman–Crippen MR) is 64.9 cm³/mol. The fourth-order valence-electron chi connectivity index (χ4n) is 1.54. The second-order valence-electron chi connectivity index (χ2n) is 3.40. The van der Waals surface area contributed by atoms with Gasteiger partial charge in [0.25, 0.3) is 0 Å². The summed E-state index contributed by atoms with van der Waals surface area (Å²) in [5, 5.41) is 9.00. The van der Waals surface area contributed by atoms with Crippen LogP contribution in [0.15, 0.2) is 33.2 Å². The van der Waals surface area contributed by atoms with Gasteiger partial charge in [-0.2, -0.15) is 0 Å². The smallest absolute Gasteiger partial charge is 0.220 e. The quantitative estimate of drug-likeness (QED) is 0.940. The van der Waals surface area contributed by atoms with Crippen molar-refractivity contribution in [2.45, 2.75) is 20.0 Å². The summed E-state index contributed by atoms with van der Waals surface area (Å²) in [6, 6.07) is 7.87. The Labute approximate surface area is 102 Å². The van der Waals surface area contributed by atoms with E-state index in [-0.39, 0.29) is 6.61 Å². The Kier molecular flexibility index (Phi) is 3.41. The van der Waals surface area contributed by atoms with Crippen LogP contribution in [0.1, 0.15) is 18.6 Å². The molecule has 0 radical (unpaired) electrons. The average Bonchev–Trinajstić information content (AvgIpc) is 2.73. The predicted octanol–water partition coefficient (Wildman–Crippen LogP) is 3.16. The van der Waals surface area contributed by atoms with E-state index in [4.69, 9.17) is 9.52 Å². The molecule has 2 aromatic rings. The van der Waals surface area contributed by atoms with E-state index < -0.39 is 0 Å². The summed E-state index contributed by atoms with van der Waals surface area (Å²) in [5.41, 5.74) is 1.82. The second-order valence-corrected chi connectivity index (χ2v) is 4.31. The normalized spacial score (nSPS) is 10.7. The molecule has 1 aromatic carbocycles. The van der Waals surface area contributed by atoms with Crippen LogP contribution in [-0.2, 0) is 13.0 Å². The van der Waals surface area contributed by atoms with Gasteiger partial charge >= 0.3 is 0 Å². The minimum absolute atomic E-state index is 0.163. The molecule has 1 aromatic heterocycles. The lowest BCUT2D eigenvalue weighted by molar-refractivity contribution is 0.237. The highest BCUT2D eigenvalue weighted by Crippen LogP contribution is 2.25. The number of halogens is 1. The third-order valence-corrected chi connectivity index (χ3v) is 2.84. The highest BCUT2D eigenvalue weighted by atomic mass is 79.9. The first-order valence-corrected chi connectivity index (χ1v) is 5.89. The van der Waals surface area contributed by atoms with Gasteiger partial charge in [0.1, 0.15) is 18.1 Å². The lowest BCUT2D eigenvalue weighted by Gasteiger charge is -1.98. The zero-order valence-corrected chi connectivity index (χ0v) is 10.5. The first kappa shape index (κ1) is 11.4. The van der Waals surface area contributed by atoms with Crippen LogP contribution in [0.3, 0.4) is 0 Å². The number of aryl methyl sites for hydroxylation is 1. The lowest BCUT2D eigenvalue weighted by Crippen LogP contribution is -1.84. The minimum atomic E-state index is -0.163.